The number of aryl methyl sites for hydroxylation is 1. The summed E-state index contributed by atoms with van der Waals surface area (Å²) >= 11 is 0. The Morgan fingerprint density at radius 1 is 1.27 bits per heavy atom. The number of nitrogens with two attached hydrogens (primary N) is 1. The van der Waals surface area contributed by atoms with Gasteiger partial charge in [0.1, 0.15) is 5.82 Å². The minimum absolute atomic E-state index is 0.251. The molecule has 2 rings (SSSR count). The molecule has 0 aliphatic heterocycles. The molecular formula is C10H11N5. The van der Waals surface area contributed by atoms with Gasteiger partial charge in [0.15, 0.2) is 0 Å². The van der Waals surface area contributed by atoms with E-state index < -0.39 is 0 Å². The number of aromatic nitrogens is 3. The Morgan fingerprint density at radius 3 is 2.87 bits per heavy atom. The Hall–Kier alpha value is -2.17. The summed E-state index contributed by atoms with van der Waals surface area (Å²) in [5.74, 6) is 0.917. The summed E-state index contributed by atoms with van der Waals surface area (Å²) in [5, 5.41) is 3.12. The SMILES string of the molecule is Cc1ccncc1Nc1ccnc(N)n1. The Balaban J connectivity index is 2.26. The van der Waals surface area contributed by atoms with Gasteiger partial charge in [-0.2, -0.15) is 4.98 Å². The zero-order chi connectivity index (χ0) is 10.7. The molecule has 0 saturated carbocycles. The first-order valence-corrected chi connectivity index (χ1v) is 4.52. The van der Waals surface area contributed by atoms with E-state index in [0.717, 1.165) is 11.3 Å². The zero-order valence-corrected chi connectivity index (χ0v) is 8.31. The van der Waals surface area contributed by atoms with Gasteiger partial charge >= 0.3 is 0 Å². The second kappa shape index (κ2) is 3.91. The van der Waals surface area contributed by atoms with Gasteiger partial charge in [0.2, 0.25) is 5.95 Å². The van der Waals surface area contributed by atoms with Crippen LogP contribution in [0.5, 0.6) is 0 Å². The second-order valence-corrected chi connectivity index (χ2v) is 3.12. The topological polar surface area (TPSA) is 76.7 Å². The van der Waals surface area contributed by atoms with E-state index in [4.69, 9.17) is 5.73 Å². The average molecular weight is 201 g/mol. The van der Waals surface area contributed by atoms with Gasteiger partial charge in [-0.25, -0.2) is 4.98 Å². The second-order valence-electron chi connectivity index (χ2n) is 3.12. The molecule has 0 bridgehead atoms. The third kappa shape index (κ3) is 2.19. The maximum absolute atomic E-state index is 5.47. The summed E-state index contributed by atoms with van der Waals surface area (Å²) in [7, 11) is 0. The summed E-state index contributed by atoms with van der Waals surface area (Å²) in [6.45, 7) is 1.99. The number of nitrogens with one attached hydrogen (secondary N) is 1. The molecule has 15 heavy (non-hydrogen) atoms. The first-order valence-electron chi connectivity index (χ1n) is 4.52. The molecule has 0 unspecified atom stereocenters. The highest BCUT2D eigenvalue weighted by Gasteiger charge is 1.99. The predicted octanol–water partition coefficient (Wildman–Crippen LogP) is 1.51. The highest BCUT2D eigenvalue weighted by atomic mass is 15.1. The molecule has 0 radical (unpaired) electrons. The van der Waals surface area contributed by atoms with E-state index in [9.17, 15) is 0 Å². The fourth-order valence-corrected chi connectivity index (χ4v) is 1.18. The lowest BCUT2D eigenvalue weighted by molar-refractivity contribution is 1.18. The van der Waals surface area contributed by atoms with Crippen molar-refractivity contribution in [3.63, 3.8) is 0 Å². The maximum atomic E-state index is 5.47. The van der Waals surface area contributed by atoms with Crippen LogP contribution in [-0.2, 0) is 0 Å². The number of rotatable bonds is 2. The van der Waals surface area contributed by atoms with E-state index in [-0.39, 0.29) is 5.95 Å². The molecular weight excluding hydrogens is 190 g/mol. The summed E-state index contributed by atoms with van der Waals surface area (Å²) in [4.78, 5) is 11.9. The van der Waals surface area contributed by atoms with Crippen LogP contribution in [0.15, 0.2) is 30.7 Å². The van der Waals surface area contributed by atoms with Crippen LogP contribution in [0, 0.1) is 6.92 Å². The lowest BCUT2D eigenvalue weighted by Gasteiger charge is -2.07. The zero-order valence-electron chi connectivity index (χ0n) is 8.31. The molecule has 0 atom stereocenters. The summed E-state index contributed by atoms with van der Waals surface area (Å²) in [6, 6.07) is 3.68. The molecule has 0 fully saturated rings. The van der Waals surface area contributed by atoms with Crippen LogP contribution >= 0.6 is 0 Å². The molecule has 2 heterocycles. The number of pyridine rings is 1. The van der Waals surface area contributed by atoms with Crippen molar-refractivity contribution >= 4 is 17.5 Å². The normalized spacial score (nSPS) is 9.93. The molecule has 0 aromatic carbocycles. The van der Waals surface area contributed by atoms with Crippen molar-refractivity contribution in [3.05, 3.63) is 36.3 Å². The van der Waals surface area contributed by atoms with E-state index in [0.29, 0.717) is 5.82 Å². The van der Waals surface area contributed by atoms with Gasteiger partial charge in [-0.15, -0.1) is 0 Å². The maximum Gasteiger partial charge on any atom is 0.221 e. The first-order chi connectivity index (χ1) is 7.25. The van der Waals surface area contributed by atoms with Crippen molar-refractivity contribution in [1.82, 2.24) is 15.0 Å². The minimum Gasteiger partial charge on any atom is -0.368 e. The third-order valence-corrected chi connectivity index (χ3v) is 1.98. The molecule has 0 saturated heterocycles. The fourth-order valence-electron chi connectivity index (χ4n) is 1.18. The lowest BCUT2D eigenvalue weighted by Crippen LogP contribution is -2.00. The molecule has 0 spiro atoms. The molecule has 0 amide bonds. The van der Waals surface area contributed by atoms with Crippen LogP contribution in [0.25, 0.3) is 0 Å². The standard InChI is InChI=1S/C10H11N5/c1-7-2-4-12-6-8(7)14-9-3-5-13-10(11)15-9/h2-6H,1H3,(H3,11,13,14,15). The highest BCUT2D eigenvalue weighted by molar-refractivity contribution is 5.59. The quantitative estimate of drug-likeness (QED) is 0.770. The van der Waals surface area contributed by atoms with Gasteiger partial charge in [-0.05, 0) is 24.6 Å². The average Bonchev–Trinajstić information content (AvgIpc) is 2.22. The first kappa shape index (κ1) is 9.39. The molecule has 0 aliphatic rings. The molecule has 3 N–H and O–H groups in total. The van der Waals surface area contributed by atoms with E-state index in [1.54, 1.807) is 24.7 Å². The molecule has 5 heteroatoms. The molecule has 76 valence electrons. The number of nitrogens with zero attached hydrogens (tertiary/aromatic N) is 3. The largest absolute Gasteiger partial charge is 0.368 e. The van der Waals surface area contributed by atoms with Crippen LogP contribution in [0.1, 0.15) is 5.56 Å². The van der Waals surface area contributed by atoms with Crippen molar-refractivity contribution in [1.29, 1.82) is 0 Å². The van der Waals surface area contributed by atoms with Crippen molar-refractivity contribution in [3.8, 4) is 0 Å². The summed E-state index contributed by atoms with van der Waals surface area (Å²) in [5.41, 5.74) is 7.48. The summed E-state index contributed by atoms with van der Waals surface area (Å²) in [6.07, 6.45) is 5.10. The van der Waals surface area contributed by atoms with Crippen molar-refractivity contribution in [2.24, 2.45) is 0 Å². The van der Waals surface area contributed by atoms with Gasteiger partial charge < -0.3 is 11.1 Å². The number of hydrogen-bond donors (Lipinski definition) is 2. The van der Waals surface area contributed by atoms with Crippen LogP contribution in [0.3, 0.4) is 0 Å². The highest BCUT2D eigenvalue weighted by Crippen LogP contribution is 2.16. The number of anilines is 3. The van der Waals surface area contributed by atoms with E-state index in [2.05, 4.69) is 20.3 Å². The van der Waals surface area contributed by atoms with Gasteiger partial charge in [0.05, 0.1) is 11.9 Å². The Kier molecular flexibility index (Phi) is 2.45. The smallest absolute Gasteiger partial charge is 0.221 e. The molecule has 2 aromatic heterocycles. The third-order valence-electron chi connectivity index (χ3n) is 1.98. The van der Waals surface area contributed by atoms with Gasteiger partial charge in [0, 0.05) is 12.4 Å². The number of hydrogen-bond acceptors (Lipinski definition) is 5. The van der Waals surface area contributed by atoms with Crippen LogP contribution in [0.2, 0.25) is 0 Å². The minimum atomic E-state index is 0.251. The molecule has 2 aromatic rings. The lowest BCUT2D eigenvalue weighted by atomic mass is 10.2. The van der Waals surface area contributed by atoms with E-state index in [1.165, 1.54) is 0 Å². The molecule has 0 aliphatic carbocycles. The van der Waals surface area contributed by atoms with Crippen LogP contribution in [0.4, 0.5) is 17.5 Å². The van der Waals surface area contributed by atoms with Gasteiger partial charge in [-0.1, -0.05) is 0 Å². The predicted molar refractivity (Wildman–Crippen MR) is 58.7 cm³/mol. The van der Waals surface area contributed by atoms with Crippen LogP contribution in [-0.4, -0.2) is 15.0 Å². The van der Waals surface area contributed by atoms with Crippen LogP contribution < -0.4 is 11.1 Å². The van der Waals surface area contributed by atoms with Crippen molar-refractivity contribution in [2.75, 3.05) is 11.1 Å². The van der Waals surface area contributed by atoms with Crippen molar-refractivity contribution in [2.45, 2.75) is 6.92 Å². The molecule has 5 nitrogen and oxygen atoms in total. The fraction of sp³-hybridized carbons (Fsp3) is 0.100. The number of nitrogen functional groups attached to an aromatic ring is 1. The monoisotopic (exact) mass is 201 g/mol. The van der Waals surface area contributed by atoms with Gasteiger partial charge in [0.25, 0.3) is 0 Å². The van der Waals surface area contributed by atoms with Crippen molar-refractivity contribution < 1.29 is 0 Å². The summed E-state index contributed by atoms with van der Waals surface area (Å²) < 4.78 is 0. The Morgan fingerprint density at radius 2 is 2.13 bits per heavy atom. The van der Waals surface area contributed by atoms with E-state index >= 15 is 0 Å². The van der Waals surface area contributed by atoms with Gasteiger partial charge in [-0.3, -0.25) is 4.98 Å². The Bertz CT molecular complexity index is 469. The Labute approximate surface area is 87.4 Å². The van der Waals surface area contributed by atoms with E-state index in [1.807, 2.05) is 13.0 Å².